The van der Waals surface area contributed by atoms with Crippen LogP contribution in [0.4, 0.5) is 13.2 Å². The number of rotatable bonds is 6. The minimum absolute atomic E-state index is 0.129. The molecular weight excluding hydrogens is 407 g/mol. The van der Waals surface area contributed by atoms with Crippen LogP contribution < -0.4 is 0 Å². The standard InChI is InChI=1S/C22H24F3N5O/c1-28(12-4-13-29-14-11-26-15-29)21(31)16-7-9-17(10-8-16)30-19-6-3-2-5-18(19)20(27-30)22(23,24)25/h7-11,14-15H,2-6,12-13H2,1H3. The molecule has 2 aromatic heterocycles. The third-order valence-corrected chi connectivity index (χ3v) is 5.62. The minimum Gasteiger partial charge on any atom is -0.342 e. The van der Waals surface area contributed by atoms with Crippen LogP contribution in [0.2, 0.25) is 0 Å². The number of benzene rings is 1. The Kier molecular flexibility index (Phi) is 5.84. The van der Waals surface area contributed by atoms with Crippen LogP contribution >= 0.6 is 0 Å². The van der Waals surface area contributed by atoms with E-state index in [0.717, 1.165) is 25.8 Å². The molecule has 1 aromatic carbocycles. The summed E-state index contributed by atoms with van der Waals surface area (Å²) in [7, 11) is 1.74. The van der Waals surface area contributed by atoms with Gasteiger partial charge in [-0.15, -0.1) is 0 Å². The number of carbonyl (C=O) groups is 1. The second-order valence-electron chi connectivity index (χ2n) is 7.82. The lowest BCUT2D eigenvalue weighted by Crippen LogP contribution is -2.28. The summed E-state index contributed by atoms with van der Waals surface area (Å²) in [5, 5.41) is 3.90. The van der Waals surface area contributed by atoms with Crippen LogP contribution in [0.5, 0.6) is 0 Å². The smallest absolute Gasteiger partial charge is 0.342 e. The lowest BCUT2D eigenvalue weighted by Gasteiger charge is -2.18. The largest absolute Gasteiger partial charge is 0.435 e. The Morgan fingerprint density at radius 2 is 1.90 bits per heavy atom. The predicted octanol–water partition coefficient (Wildman–Crippen LogP) is 4.13. The van der Waals surface area contributed by atoms with Crippen molar-refractivity contribution >= 4 is 5.91 Å². The van der Waals surface area contributed by atoms with Crippen molar-refractivity contribution in [2.24, 2.45) is 0 Å². The molecule has 0 saturated heterocycles. The van der Waals surface area contributed by atoms with Gasteiger partial charge in [-0.3, -0.25) is 4.79 Å². The fraction of sp³-hybridized carbons (Fsp3) is 0.409. The lowest BCUT2D eigenvalue weighted by molar-refractivity contribution is -0.142. The number of fused-ring (bicyclic) bond motifs is 1. The zero-order chi connectivity index (χ0) is 22.0. The van der Waals surface area contributed by atoms with E-state index in [1.165, 1.54) is 4.68 Å². The first-order chi connectivity index (χ1) is 14.8. The first-order valence-corrected chi connectivity index (χ1v) is 10.3. The predicted molar refractivity (Wildman–Crippen MR) is 109 cm³/mol. The number of halogens is 3. The van der Waals surface area contributed by atoms with Crippen molar-refractivity contribution in [3.63, 3.8) is 0 Å². The summed E-state index contributed by atoms with van der Waals surface area (Å²) in [6, 6.07) is 6.62. The third kappa shape index (κ3) is 4.50. The van der Waals surface area contributed by atoms with E-state index < -0.39 is 11.9 Å². The lowest BCUT2D eigenvalue weighted by atomic mass is 9.95. The molecule has 9 heteroatoms. The van der Waals surface area contributed by atoms with Gasteiger partial charge < -0.3 is 9.47 Å². The summed E-state index contributed by atoms with van der Waals surface area (Å²) in [6.45, 7) is 1.35. The van der Waals surface area contributed by atoms with Crippen molar-refractivity contribution < 1.29 is 18.0 Å². The molecule has 0 atom stereocenters. The van der Waals surface area contributed by atoms with Crippen LogP contribution in [0.25, 0.3) is 5.69 Å². The van der Waals surface area contributed by atoms with E-state index >= 15 is 0 Å². The molecule has 0 saturated carbocycles. The molecule has 0 aliphatic heterocycles. The minimum atomic E-state index is -4.47. The van der Waals surface area contributed by atoms with Gasteiger partial charge >= 0.3 is 6.18 Å². The molecule has 0 fully saturated rings. The van der Waals surface area contributed by atoms with Gasteiger partial charge in [0.05, 0.1) is 12.0 Å². The van der Waals surface area contributed by atoms with E-state index in [1.54, 1.807) is 48.7 Å². The molecule has 2 heterocycles. The Morgan fingerprint density at radius 1 is 1.16 bits per heavy atom. The molecule has 0 spiro atoms. The fourth-order valence-electron chi connectivity index (χ4n) is 4.02. The van der Waals surface area contributed by atoms with Crippen LogP contribution in [-0.2, 0) is 25.6 Å². The van der Waals surface area contributed by atoms with Gasteiger partial charge in [-0.2, -0.15) is 18.3 Å². The van der Waals surface area contributed by atoms with Crippen molar-refractivity contribution in [1.82, 2.24) is 24.2 Å². The van der Waals surface area contributed by atoms with E-state index in [2.05, 4.69) is 10.1 Å². The van der Waals surface area contributed by atoms with Crippen LogP contribution in [0, 0.1) is 0 Å². The van der Waals surface area contributed by atoms with Crippen LogP contribution in [0.1, 0.15) is 46.6 Å². The van der Waals surface area contributed by atoms with Gasteiger partial charge in [-0.1, -0.05) is 0 Å². The molecule has 0 unspecified atom stereocenters. The van der Waals surface area contributed by atoms with Gasteiger partial charge in [0.25, 0.3) is 5.91 Å². The average molecular weight is 431 g/mol. The summed E-state index contributed by atoms with van der Waals surface area (Å²) >= 11 is 0. The molecular formula is C22H24F3N5O. The van der Waals surface area contributed by atoms with Crippen molar-refractivity contribution in [2.45, 2.75) is 44.8 Å². The van der Waals surface area contributed by atoms with Crippen LogP contribution in [0.3, 0.4) is 0 Å². The molecule has 4 rings (SSSR count). The second kappa shape index (κ2) is 8.56. The highest BCUT2D eigenvalue weighted by molar-refractivity contribution is 5.94. The maximum absolute atomic E-state index is 13.4. The molecule has 1 aliphatic carbocycles. The Labute approximate surface area is 178 Å². The maximum Gasteiger partial charge on any atom is 0.435 e. The zero-order valence-electron chi connectivity index (χ0n) is 17.3. The number of hydrogen-bond donors (Lipinski definition) is 0. The van der Waals surface area contributed by atoms with Gasteiger partial charge in [0.15, 0.2) is 5.69 Å². The number of amides is 1. The van der Waals surface area contributed by atoms with Crippen molar-refractivity contribution in [3.05, 3.63) is 65.5 Å². The van der Waals surface area contributed by atoms with E-state index in [4.69, 9.17) is 0 Å². The van der Waals surface area contributed by atoms with Gasteiger partial charge in [0.1, 0.15) is 0 Å². The first-order valence-electron chi connectivity index (χ1n) is 10.3. The topological polar surface area (TPSA) is 56.0 Å². The Hall–Kier alpha value is -3.10. The molecule has 1 amide bonds. The molecule has 31 heavy (non-hydrogen) atoms. The molecule has 0 bridgehead atoms. The average Bonchev–Trinajstić information content (AvgIpc) is 3.41. The molecule has 1 aliphatic rings. The maximum atomic E-state index is 13.4. The number of nitrogens with zero attached hydrogens (tertiary/aromatic N) is 5. The van der Waals surface area contributed by atoms with Crippen LogP contribution in [0.15, 0.2) is 43.0 Å². The summed E-state index contributed by atoms with van der Waals surface area (Å²) in [6.07, 6.45) is 4.18. The van der Waals surface area contributed by atoms with E-state index in [1.807, 2.05) is 10.8 Å². The molecule has 0 radical (unpaired) electrons. The number of aryl methyl sites for hydroxylation is 1. The van der Waals surface area contributed by atoms with Crippen LogP contribution in [-0.4, -0.2) is 43.7 Å². The number of aromatic nitrogens is 4. The first kappa shape index (κ1) is 21.1. The molecule has 0 N–H and O–H groups in total. The Balaban J connectivity index is 1.48. The highest BCUT2D eigenvalue weighted by atomic mass is 19.4. The van der Waals surface area contributed by atoms with Gasteiger partial charge in [-0.25, -0.2) is 9.67 Å². The number of alkyl halides is 3. The molecule has 6 nitrogen and oxygen atoms in total. The zero-order valence-corrected chi connectivity index (χ0v) is 17.3. The number of imidazole rings is 1. The molecule has 3 aromatic rings. The summed E-state index contributed by atoms with van der Waals surface area (Å²) in [5.74, 6) is -0.129. The Bertz CT molecular complexity index is 1040. The highest BCUT2D eigenvalue weighted by Crippen LogP contribution is 2.36. The van der Waals surface area contributed by atoms with E-state index in [-0.39, 0.29) is 5.91 Å². The Morgan fingerprint density at radius 3 is 2.58 bits per heavy atom. The quantitative estimate of drug-likeness (QED) is 0.590. The van der Waals surface area contributed by atoms with E-state index in [0.29, 0.717) is 41.9 Å². The van der Waals surface area contributed by atoms with Gasteiger partial charge in [-0.05, 0) is 56.4 Å². The monoisotopic (exact) mass is 431 g/mol. The number of hydrogen-bond acceptors (Lipinski definition) is 3. The fourth-order valence-corrected chi connectivity index (χ4v) is 4.02. The highest BCUT2D eigenvalue weighted by Gasteiger charge is 2.39. The van der Waals surface area contributed by atoms with Gasteiger partial charge in [0.2, 0.25) is 0 Å². The second-order valence-corrected chi connectivity index (χ2v) is 7.82. The number of carbonyl (C=O) groups excluding carboxylic acids is 1. The van der Waals surface area contributed by atoms with Crippen molar-refractivity contribution in [2.75, 3.05) is 13.6 Å². The summed E-state index contributed by atoms with van der Waals surface area (Å²) < 4.78 is 43.6. The van der Waals surface area contributed by atoms with Gasteiger partial charge in [0, 0.05) is 49.4 Å². The summed E-state index contributed by atoms with van der Waals surface area (Å²) in [5.41, 5.74) is 1.16. The van der Waals surface area contributed by atoms with Crippen molar-refractivity contribution in [1.29, 1.82) is 0 Å². The summed E-state index contributed by atoms with van der Waals surface area (Å²) in [4.78, 5) is 18.3. The SMILES string of the molecule is CN(CCCn1ccnc1)C(=O)c1ccc(-n2nc(C(F)(F)F)c3c2CCCC3)cc1. The van der Waals surface area contributed by atoms with E-state index in [9.17, 15) is 18.0 Å². The molecule has 164 valence electrons. The van der Waals surface area contributed by atoms with Crippen molar-refractivity contribution in [3.8, 4) is 5.69 Å². The third-order valence-electron chi connectivity index (χ3n) is 5.62. The normalized spacial score (nSPS) is 13.8.